The molecule has 2 N–H and O–H groups in total. The molecule has 4 nitrogen and oxygen atoms in total. The molecule has 0 heterocycles. The van der Waals surface area contributed by atoms with Crippen LogP contribution in [0, 0.1) is 10.8 Å². The van der Waals surface area contributed by atoms with Gasteiger partial charge >= 0.3 is 5.97 Å². The number of carbonyl (C=O) groups is 1. The molecule has 0 radical (unpaired) electrons. The number of rotatable bonds is 14. The van der Waals surface area contributed by atoms with E-state index in [0.717, 1.165) is 56.5 Å². The summed E-state index contributed by atoms with van der Waals surface area (Å²) in [6, 6.07) is 0. The van der Waals surface area contributed by atoms with E-state index in [-0.39, 0.29) is 23.9 Å². The van der Waals surface area contributed by atoms with Crippen LogP contribution in [-0.4, -0.2) is 38.8 Å². The van der Waals surface area contributed by atoms with Crippen molar-refractivity contribution < 1.29 is 19.6 Å². The average molecular weight is 349 g/mol. The third-order valence-electron chi connectivity index (χ3n) is 4.37. The summed E-state index contributed by atoms with van der Waals surface area (Å²) in [5.41, 5.74) is -0.00240. The van der Waals surface area contributed by atoms with Crippen LogP contribution in [-0.2, 0) is 16.0 Å². The van der Waals surface area contributed by atoms with E-state index in [1.165, 1.54) is 0 Å². The van der Waals surface area contributed by atoms with Crippen LogP contribution in [0.15, 0.2) is 0 Å². The lowest BCUT2D eigenvalue weighted by Gasteiger charge is -2.23. The van der Waals surface area contributed by atoms with Crippen LogP contribution in [0.1, 0.15) is 79.1 Å². The van der Waals surface area contributed by atoms with Gasteiger partial charge < -0.3 is 14.8 Å². The molecule has 23 heavy (non-hydrogen) atoms. The fourth-order valence-corrected chi connectivity index (χ4v) is 4.02. The molecular formula is C18H36O4S. The van der Waals surface area contributed by atoms with Crippen LogP contribution >= 0.6 is 0 Å². The van der Waals surface area contributed by atoms with Gasteiger partial charge in [0.05, 0.1) is 6.42 Å². The first-order valence-corrected chi connectivity index (χ1v) is 10.2. The molecule has 0 aromatic rings. The number of aliphatic hydroxyl groups is 1. The molecule has 0 amide bonds. The van der Waals surface area contributed by atoms with Crippen LogP contribution in [0.2, 0.25) is 0 Å². The minimum Gasteiger partial charge on any atom is -0.616 e. The first-order chi connectivity index (χ1) is 10.6. The molecule has 0 aromatic heterocycles. The molecule has 1 atom stereocenters. The Kier molecular flexibility index (Phi) is 11.2. The van der Waals surface area contributed by atoms with Crippen molar-refractivity contribution in [3.05, 3.63) is 0 Å². The third kappa shape index (κ3) is 13.8. The van der Waals surface area contributed by atoms with Gasteiger partial charge in [-0.25, -0.2) is 0 Å². The van der Waals surface area contributed by atoms with E-state index in [0.29, 0.717) is 0 Å². The highest BCUT2D eigenvalue weighted by molar-refractivity contribution is 7.91. The van der Waals surface area contributed by atoms with Gasteiger partial charge in [0.25, 0.3) is 0 Å². The van der Waals surface area contributed by atoms with Gasteiger partial charge in [-0.1, -0.05) is 38.9 Å². The SMILES string of the molecule is CC(C)(CCO)CCCC[S+]([O-])CCCCC(C)(C)CC(=O)O. The smallest absolute Gasteiger partial charge is 0.303 e. The lowest BCUT2D eigenvalue weighted by Crippen LogP contribution is -2.18. The predicted molar refractivity (Wildman–Crippen MR) is 97.1 cm³/mol. The number of unbranched alkanes of at least 4 members (excludes halogenated alkanes) is 2. The van der Waals surface area contributed by atoms with E-state index in [1.54, 1.807) is 0 Å². The largest absolute Gasteiger partial charge is 0.616 e. The normalized spacial score (nSPS) is 14.0. The first kappa shape index (κ1) is 22.7. The minimum atomic E-state index is -0.757. The van der Waals surface area contributed by atoms with E-state index in [4.69, 9.17) is 10.2 Å². The summed E-state index contributed by atoms with van der Waals surface area (Å²) >= 11 is -0.757. The lowest BCUT2D eigenvalue weighted by atomic mass is 9.84. The molecule has 0 saturated carbocycles. The third-order valence-corrected chi connectivity index (χ3v) is 5.86. The number of hydrogen-bond acceptors (Lipinski definition) is 3. The second kappa shape index (κ2) is 11.3. The molecule has 0 rings (SSSR count). The lowest BCUT2D eigenvalue weighted by molar-refractivity contribution is -0.139. The Morgan fingerprint density at radius 2 is 1.39 bits per heavy atom. The highest BCUT2D eigenvalue weighted by Crippen LogP contribution is 2.28. The maximum Gasteiger partial charge on any atom is 0.303 e. The van der Waals surface area contributed by atoms with Gasteiger partial charge in [-0.2, -0.15) is 0 Å². The summed E-state index contributed by atoms with van der Waals surface area (Å²) in [6.45, 7) is 8.52. The summed E-state index contributed by atoms with van der Waals surface area (Å²) in [7, 11) is 0. The second-order valence-corrected chi connectivity index (χ2v) is 9.83. The van der Waals surface area contributed by atoms with Crippen LogP contribution in [0.25, 0.3) is 0 Å². The van der Waals surface area contributed by atoms with E-state index in [1.807, 2.05) is 13.8 Å². The van der Waals surface area contributed by atoms with Gasteiger partial charge in [0.1, 0.15) is 11.5 Å². The predicted octanol–water partition coefficient (Wildman–Crippen LogP) is 3.99. The molecule has 0 aliphatic heterocycles. The fourth-order valence-electron chi connectivity index (χ4n) is 2.76. The van der Waals surface area contributed by atoms with Crippen molar-refractivity contribution in [2.24, 2.45) is 10.8 Å². The maximum atomic E-state index is 12.0. The Hall–Kier alpha value is -0.260. The van der Waals surface area contributed by atoms with Gasteiger partial charge in [-0.3, -0.25) is 4.79 Å². The highest BCUT2D eigenvalue weighted by Gasteiger charge is 2.21. The monoisotopic (exact) mass is 348 g/mol. The molecule has 0 saturated heterocycles. The Morgan fingerprint density at radius 3 is 1.83 bits per heavy atom. The van der Waals surface area contributed by atoms with Crippen LogP contribution in [0.3, 0.4) is 0 Å². The number of carboxylic acids is 1. The Labute approximate surface area is 145 Å². The van der Waals surface area contributed by atoms with Gasteiger partial charge in [0, 0.05) is 6.61 Å². The zero-order valence-corrected chi connectivity index (χ0v) is 16.2. The molecule has 0 fully saturated rings. The van der Waals surface area contributed by atoms with Crippen LogP contribution in [0.4, 0.5) is 0 Å². The van der Waals surface area contributed by atoms with Crippen LogP contribution in [0.5, 0.6) is 0 Å². The number of aliphatic hydroxyl groups excluding tert-OH is 1. The molecule has 5 heteroatoms. The van der Waals surface area contributed by atoms with Gasteiger partial charge in [-0.15, -0.1) is 0 Å². The summed E-state index contributed by atoms with van der Waals surface area (Å²) in [5, 5.41) is 17.8. The quantitative estimate of drug-likeness (QED) is 0.367. The van der Waals surface area contributed by atoms with E-state index >= 15 is 0 Å². The summed E-state index contributed by atoms with van der Waals surface area (Å²) < 4.78 is 12.0. The van der Waals surface area contributed by atoms with E-state index in [9.17, 15) is 9.35 Å². The fraction of sp³-hybridized carbons (Fsp3) is 0.944. The summed E-state index contributed by atoms with van der Waals surface area (Å²) in [6.07, 6.45) is 6.83. The van der Waals surface area contributed by atoms with Crippen molar-refractivity contribution in [3.8, 4) is 0 Å². The topological polar surface area (TPSA) is 80.6 Å². The average Bonchev–Trinajstić information content (AvgIpc) is 2.38. The molecule has 0 aromatic carbocycles. The highest BCUT2D eigenvalue weighted by atomic mass is 32.2. The van der Waals surface area contributed by atoms with Crippen molar-refractivity contribution in [3.63, 3.8) is 0 Å². The first-order valence-electron chi connectivity index (χ1n) is 8.76. The Balaban J connectivity index is 3.68. The van der Waals surface area contributed by atoms with Crippen molar-refractivity contribution >= 4 is 17.1 Å². The molecule has 0 aliphatic rings. The van der Waals surface area contributed by atoms with Crippen molar-refractivity contribution in [1.29, 1.82) is 0 Å². The van der Waals surface area contributed by atoms with Gasteiger partial charge in [0.15, 0.2) is 0 Å². The number of aliphatic carboxylic acids is 1. The molecule has 138 valence electrons. The van der Waals surface area contributed by atoms with E-state index in [2.05, 4.69) is 13.8 Å². The van der Waals surface area contributed by atoms with Gasteiger partial charge in [-0.05, 0) is 55.8 Å². The molecule has 1 unspecified atom stereocenters. The number of carboxylic acid groups (broad SMARTS) is 1. The standard InChI is InChI=1S/C18H36O4S/c1-17(2,11-12-19)9-5-7-13-23(22)14-8-6-10-18(3,4)15-16(20)21/h19H,5-15H2,1-4H3,(H,20,21). The second-order valence-electron chi connectivity index (χ2n) is 8.13. The number of hydrogen-bond donors (Lipinski definition) is 2. The molecule has 0 spiro atoms. The summed E-state index contributed by atoms with van der Waals surface area (Å²) in [5.74, 6) is 0.736. The molecule has 0 aliphatic carbocycles. The van der Waals surface area contributed by atoms with Gasteiger partial charge in [0.2, 0.25) is 0 Å². The zero-order valence-electron chi connectivity index (χ0n) is 15.4. The maximum absolute atomic E-state index is 12.0. The Morgan fingerprint density at radius 1 is 0.913 bits per heavy atom. The van der Waals surface area contributed by atoms with Crippen molar-refractivity contribution in [2.75, 3.05) is 18.1 Å². The van der Waals surface area contributed by atoms with Crippen molar-refractivity contribution in [2.45, 2.75) is 79.1 Å². The molecular weight excluding hydrogens is 312 g/mol. The summed E-state index contributed by atoms with van der Waals surface area (Å²) in [4.78, 5) is 10.8. The minimum absolute atomic E-state index is 0.173. The van der Waals surface area contributed by atoms with Crippen molar-refractivity contribution in [1.82, 2.24) is 0 Å². The Bertz CT molecular complexity index is 329. The molecule has 0 bridgehead atoms. The zero-order chi connectivity index (χ0) is 17.9. The van der Waals surface area contributed by atoms with E-state index < -0.39 is 17.1 Å². The van der Waals surface area contributed by atoms with Crippen LogP contribution < -0.4 is 0 Å².